The molecule has 7 nitrogen and oxygen atoms in total. The zero-order valence-electron chi connectivity index (χ0n) is 22.0. The van der Waals surface area contributed by atoms with E-state index in [1.165, 1.54) is 29.4 Å². The Hall–Kier alpha value is -4.33. The number of carboxylic acids is 1. The second-order valence-electron chi connectivity index (χ2n) is 9.60. The van der Waals surface area contributed by atoms with E-state index in [4.69, 9.17) is 6.48 Å². The summed E-state index contributed by atoms with van der Waals surface area (Å²) >= 11 is 0. The molecule has 1 unspecified atom stereocenters. The molecule has 1 aliphatic rings. The van der Waals surface area contributed by atoms with Crippen LogP contribution in [0.15, 0.2) is 67.1 Å². The maximum absolute atomic E-state index is 15.6. The zero-order valence-corrected chi connectivity index (χ0v) is 21.0. The highest BCUT2D eigenvalue weighted by Crippen LogP contribution is 2.31. The summed E-state index contributed by atoms with van der Waals surface area (Å²) in [6.45, 7) is -1.35. The number of pyridine rings is 1. The van der Waals surface area contributed by atoms with Crippen LogP contribution in [0.4, 0.5) is 10.1 Å². The number of carbonyl (C=O) groups excluding carboxylic acids is 1. The summed E-state index contributed by atoms with van der Waals surface area (Å²) in [5, 5.41) is 14.2. The summed E-state index contributed by atoms with van der Waals surface area (Å²) < 4.78 is 26.4. The number of aromatic nitrogens is 3. The molecule has 5 rings (SSSR count). The van der Waals surface area contributed by atoms with Crippen molar-refractivity contribution in [3.63, 3.8) is 0 Å². The number of hydrogen-bond donors (Lipinski definition) is 1. The first-order valence-electron chi connectivity index (χ1n) is 13.2. The first kappa shape index (κ1) is 24.0. The Morgan fingerprint density at radius 3 is 2.63 bits per heavy atom. The third-order valence-electron chi connectivity index (χ3n) is 6.98. The van der Waals surface area contributed by atoms with E-state index in [2.05, 4.69) is 10.1 Å². The van der Waals surface area contributed by atoms with Gasteiger partial charge in [-0.2, -0.15) is 5.10 Å². The molecule has 1 fully saturated rings. The summed E-state index contributed by atoms with van der Waals surface area (Å²) in [7, 11) is 1.86. The third kappa shape index (κ3) is 5.49. The van der Waals surface area contributed by atoms with Crippen molar-refractivity contribution >= 4 is 34.5 Å². The number of fused-ring (bicyclic) bond motifs is 1. The molecule has 1 saturated carbocycles. The number of anilines is 1. The highest BCUT2D eigenvalue weighted by atomic mass is 19.1. The predicted molar refractivity (Wildman–Crippen MR) is 145 cm³/mol. The molecule has 2 heterocycles. The number of benzene rings is 2. The van der Waals surface area contributed by atoms with Crippen LogP contribution in [0.5, 0.6) is 0 Å². The fraction of sp³-hybridized carbons (Fsp3) is 0.267. The van der Waals surface area contributed by atoms with Crippen molar-refractivity contribution in [2.24, 2.45) is 13.0 Å². The maximum atomic E-state index is 15.6. The summed E-state index contributed by atoms with van der Waals surface area (Å²) in [5.41, 5.74) is 3.29. The number of halogens is 1. The molecular formula is C30H29FN4O3. The van der Waals surface area contributed by atoms with Gasteiger partial charge in [0.1, 0.15) is 5.82 Å². The molecule has 1 aliphatic carbocycles. The fourth-order valence-corrected chi connectivity index (χ4v) is 4.94. The molecule has 0 aliphatic heterocycles. The molecule has 2 aromatic heterocycles. The van der Waals surface area contributed by atoms with Crippen LogP contribution in [-0.4, -0.2) is 31.7 Å². The minimum absolute atomic E-state index is 0.0665. The molecule has 1 N–H and O–H groups in total. The van der Waals surface area contributed by atoms with Crippen LogP contribution in [0.25, 0.3) is 28.1 Å². The van der Waals surface area contributed by atoms with Gasteiger partial charge in [0.25, 0.3) is 0 Å². The van der Waals surface area contributed by atoms with Crippen molar-refractivity contribution in [2.45, 2.75) is 38.6 Å². The van der Waals surface area contributed by atoms with Gasteiger partial charge in [0, 0.05) is 36.2 Å². The lowest BCUT2D eigenvalue weighted by molar-refractivity contribution is -0.131. The molecule has 1 amide bonds. The Bertz CT molecular complexity index is 1560. The van der Waals surface area contributed by atoms with E-state index in [0.717, 1.165) is 41.8 Å². The van der Waals surface area contributed by atoms with E-state index < -0.39 is 18.3 Å². The first-order valence-corrected chi connectivity index (χ1v) is 12.6. The van der Waals surface area contributed by atoms with Gasteiger partial charge in [0.15, 0.2) is 0 Å². The molecule has 0 saturated heterocycles. The summed E-state index contributed by atoms with van der Waals surface area (Å²) in [6, 6.07) is 12.1. The Labute approximate surface area is 221 Å². The van der Waals surface area contributed by atoms with E-state index in [1.54, 1.807) is 29.1 Å². The highest BCUT2D eigenvalue weighted by Gasteiger charge is 2.28. The summed E-state index contributed by atoms with van der Waals surface area (Å²) in [6.07, 6.45) is 11.4. The number of carboxylic acid groups (broad SMARTS) is 1. The molecule has 194 valence electrons. The van der Waals surface area contributed by atoms with Crippen LogP contribution in [0.3, 0.4) is 0 Å². The van der Waals surface area contributed by atoms with Gasteiger partial charge in [0.05, 0.1) is 31.5 Å². The van der Waals surface area contributed by atoms with Crippen molar-refractivity contribution in [1.29, 1.82) is 0 Å². The van der Waals surface area contributed by atoms with Crippen LogP contribution in [0, 0.1) is 11.7 Å². The molecule has 4 aromatic rings. The second kappa shape index (κ2) is 11.0. The smallest absolute Gasteiger partial charge is 0.328 e. The van der Waals surface area contributed by atoms with Crippen LogP contribution in [0.2, 0.25) is 0 Å². The first-order chi connectivity index (χ1) is 18.8. The average molecular weight is 514 g/mol. The van der Waals surface area contributed by atoms with Crippen LogP contribution in [0.1, 0.15) is 44.6 Å². The van der Waals surface area contributed by atoms with Gasteiger partial charge in [-0.25, -0.2) is 9.18 Å². The number of rotatable bonds is 7. The highest BCUT2D eigenvalue weighted by molar-refractivity contribution is 5.95. The van der Waals surface area contributed by atoms with Crippen molar-refractivity contribution in [3.8, 4) is 11.1 Å². The van der Waals surface area contributed by atoms with Gasteiger partial charge in [0.2, 0.25) is 5.91 Å². The molecule has 1 atom stereocenters. The molecule has 0 bridgehead atoms. The van der Waals surface area contributed by atoms with Crippen molar-refractivity contribution in [1.82, 2.24) is 14.8 Å². The Balaban J connectivity index is 1.50. The lowest BCUT2D eigenvalue weighted by Gasteiger charge is -2.29. The summed E-state index contributed by atoms with van der Waals surface area (Å²) in [5.74, 6) is -2.21. The average Bonchev–Trinajstić information content (AvgIpc) is 3.32. The SMILES string of the molecule is [2H]C(c1ccc(-c2ccc3c(cnn3C)c2)cc1F)N(C(=O)C1CCCCC1)c1cncc(/C=C/C(=O)O)c1. The maximum Gasteiger partial charge on any atom is 0.328 e. The quantitative estimate of drug-likeness (QED) is 0.307. The summed E-state index contributed by atoms with van der Waals surface area (Å²) in [4.78, 5) is 30.2. The Morgan fingerprint density at radius 2 is 1.87 bits per heavy atom. The number of carbonyl (C=O) groups is 2. The number of amides is 1. The van der Waals surface area contributed by atoms with Gasteiger partial charge in [-0.05, 0) is 59.9 Å². The zero-order chi connectivity index (χ0) is 27.5. The lowest BCUT2D eigenvalue weighted by atomic mass is 9.88. The van der Waals surface area contributed by atoms with Crippen LogP contribution < -0.4 is 4.90 Å². The van der Waals surface area contributed by atoms with E-state index in [1.807, 2.05) is 25.2 Å². The van der Waals surface area contributed by atoms with Crippen molar-refractivity contribution in [2.75, 3.05) is 4.90 Å². The number of aliphatic carboxylic acids is 1. The van der Waals surface area contributed by atoms with Crippen LogP contribution in [-0.2, 0) is 23.2 Å². The lowest BCUT2D eigenvalue weighted by Crippen LogP contribution is -2.37. The fourth-order valence-electron chi connectivity index (χ4n) is 4.94. The normalized spacial score (nSPS) is 15.5. The van der Waals surface area contributed by atoms with Gasteiger partial charge in [-0.15, -0.1) is 0 Å². The standard InChI is InChI=1S/C30H29FN4O3/c1-34-28-11-10-22(14-25(28)17-33-34)23-8-9-24(27(31)15-23)19-35(30(38)21-5-3-2-4-6-21)26-13-20(16-32-18-26)7-12-29(36)37/h7-18,21H,2-6,19H2,1H3,(H,36,37)/b12-7+/i19D. The molecule has 8 heteroatoms. The predicted octanol–water partition coefficient (Wildman–Crippen LogP) is 5.99. The Kier molecular flexibility index (Phi) is 6.93. The van der Waals surface area contributed by atoms with Gasteiger partial charge in [-0.3, -0.25) is 14.5 Å². The van der Waals surface area contributed by atoms with Crippen LogP contribution >= 0.6 is 0 Å². The molecule has 0 spiro atoms. The number of nitrogens with zero attached hydrogens (tertiary/aromatic N) is 4. The molecule has 38 heavy (non-hydrogen) atoms. The van der Waals surface area contributed by atoms with Gasteiger partial charge in [-0.1, -0.05) is 37.5 Å². The van der Waals surface area contributed by atoms with Crippen molar-refractivity contribution in [3.05, 3.63) is 84.1 Å². The second-order valence-corrected chi connectivity index (χ2v) is 9.60. The van der Waals surface area contributed by atoms with Gasteiger partial charge < -0.3 is 10.0 Å². The van der Waals surface area contributed by atoms with E-state index in [-0.39, 0.29) is 17.4 Å². The van der Waals surface area contributed by atoms with E-state index >= 15 is 4.39 Å². The van der Waals surface area contributed by atoms with E-state index in [0.29, 0.717) is 29.7 Å². The monoisotopic (exact) mass is 513 g/mol. The topological polar surface area (TPSA) is 88.3 Å². The minimum atomic E-state index is -1.35. The van der Waals surface area contributed by atoms with Gasteiger partial charge >= 0.3 is 5.97 Å². The molecule has 0 radical (unpaired) electrons. The minimum Gasteiger partial charge on any atom is -0.478 e. The number of hydrogen-bond acceptors (Lipinski definition) is 4. The molecular weight excluding hydrogens is 483 g/mol. The number of aryl methyl sites for hydroxylation is 1. The van der Waals surface area contributed by atoms with E-state index in [9.17, 15) is 9.59 Å². The molecule has 2 aromatic carbocycles. The van der Waals surface area contributed by atoms with Crippen molar-refractivity contribution < 1.29 is 20.5 Å². The largest absolute Gasteiger partial charge is 0.478 e. The Morgan fingerprint density at radius 1 is 1.11 bits per heavy atom. The third-order valence-corrected chi connectivity index (χ3v) is 6.98.